The van der Waals surface area contributed by atoms with Gasteiger partial charge in [0.15, 0.2) is 0 Å². The number of hydrogen-bond acceptors (Lipinski definition) is 3. The SMILES string of the molecule is CC(CC(=O)NC1CCN(C)CC1)C1CCCNC1.Cl.Cl. The zero-order valence-corrected chi connectivity index (χ0v) is 14.9. The zero-order valence-electron chi connectivity index (χ0n) is 13.3. The Hall–Kier alpha value is -0.0300. The van der Waals surface area contributed by atoms with E-state index in [4.69, 9.17) is 0 Å². The molecule has 2 heterocycles. The second-order valence-corrected chi connectivity index (χ2v) is 6.43. The molecule has 2 aliphatic rings. The van der Waals surface area contributed by atoms with E-state index >= 15 is 0 Å². The lowest BCUT2D eigenvalue weighted by Gasteiger charge is -2.31. The van der Waals surface area contributed by atoms with Crippen molar-refractivity contribution in [1.29, 1.82) is 0 Å². The summed E-state index contributed by atoms with van der Waals surface area (Å²) < 4.78 is 0. The van der Waals surface area contributed by atoms with Gasteiger partial charge in [-0.05, 0) is 70.7 Å². The molecule has 0 saturated carbocycles. The molecule has 2 fully saturated rings. The second-order valence-electron chi connectivity index (χ2n) is 6.43. The number of halogens is 2. The average molecular weight is 340 g/mol. The molecule has 2 rings (SSSR count). The molecule has 0 bridgehead atoms. The molecule has 0 aromatic heterocycles. The maximum atomic E-state index is 12.1. The number of carbonyl (C=O) groups is 1. The van der Waals surface area contributed by atoms with Gasteiger partial charge >= 0.3 is 0 Å². The van der Waals surface area contributed by atoms with Crippen LogP contribution in [0, 0.1) is 11.8 Å². The van der Waals surface area contributed by atoms with E-state index in [1.807, 2.05) is 0 Å². The molecule has 0 aliphatic carbocycles. The van der Waals surface area contributed by atoms with Gasteiger partial charge in [-0.2, -0.15) is 0 Å². The highest BCUT2D eigenvalue weighted by Gasteiger charge is 2.24. The van der Waals surface area contributed by atoms with Crippen LogP contribution in [0.1, 0.15) is 39.0 Å². The van der Waals surface area contributed by atoms with Crippen LogP contribution in [0.5, 0.6) is 0 Å². The number of carbonyl (C=O) groups excluding carboxylic acids is 1. The molecule has 21 heavy (non-hydrogen) atoms. The topological polar surface area (TPSA) is 44.4 Å². The Morgan fingerprint density at radius 1 is 1.29 bits per heavy atom. The van der Waals surface area contributed by atoms with Crippen molar-refractivity contribution in [3.63, 3.8) is 0 Å². The molecule has 2 N–H and O–H groups in total. The molecule has 0 aromatic rings. The largest absolute Gasteiger partial charge is 0.353 e. The van der Waals surface area contributed by atoms with Gasteiger partial charge in [-0.3, -0.25) is 4.79 Å². The smallest absolute Gasteiger partial charge is 0.220 e. The average Bonchev–Trinajstić information content (AvgIpc) is 2.42. The van der Waals surface area contributed by atoms with Crippen molar-refractivity contribution in [2.75, 3.05) is 33.2 Å². The zero-order chi connectivity index (χ0) is 13.7. The maximum Gasteiger partial charge on any atom is 0.220 e. The summed E-state index contributed by atoms with van der Waals surface area (Å²) in [7, 11) is 2.15. The van der Waals surface area contributed by atoms with Crippen LogP contribution in [-0.4, -0.2) is 50.1 Å². The van der Waals surface area contributed by atoms with E-state index in [0.29, 0.717) is 24.3 Å². The molecule has 1 amide bonds. The van der Waals surface area contributed by atoms with E-state index in [1.165, 1.54) is 12.8 Å². The summed E-state index contributed by atoms with van der Waals surface area (Å²) in [5, 5.41) is 6.66. The summed E-state index contributed by atoms with van der Waals surface area (Å²) in [6.45, 7) is 6.67. The van der Waals surface area contributed by atoms with Gasteiger partial charge in [0.2, 0.25) is 5.91 Å². The van der Waals surface area contributed by atoms with Crippen molar-refractivity contribution >= 4 is 30.7 Å². The third-order valence-corrected chi connectivity index (χ3v) is 4.73. The molecular formula is C15H31Cl2N3O. The Morgan fingerprint density at radius 3 is 2.52 bits per heavy atom. The highest BCUT2D eigenvalue weighted by Crippen LogP contribution is 2.22. The van der Waals surface area contributed by atoms with Crippen LogP contribution in [0.15, 0.2) is 0 Å². The normalized spacial score (nSPS) is 25.3. The lowest BCUT2D eigenvalue weighted by atomic mass is 9.85. The lowest BCUT2D eigenvalue weighted by molar-refractivity contribution is -0.123. The molecule has 6 heteroatoms. The molecular weight excluding hydrogens is 309 g/mol. The van der Waals surface area contributed by atoms with Crippen LogP contribution in [0.3, 0.4) is 0 Å². The predicted octanol–water partition coefficient (Wildman–Crippen LogP) is 2.07. The van der Waals surface area contributed by atoms with Crippen molar-refractivity contribution in [1.82, 2.24) is 15.5 Å². The number of amides is 1. The van der Waals surface area contributed by atoms with E-state index < -0.39 is 0 Å². The van der Waals surface area contributed by atoms with Gasteiger partial charge in [0.05, 0.1) is 0 Å². The van der Waals surface area contributed by atoms with Gasteiger partial charge in [-0.1, -0.05) is 6.92 Å². The minimum Gasteiger partial charge on any atom is -0.353 e. The number of nitrogens with one attached hydrogen (secondary N) is 2. The van der Waals surface area contributed by atoms with Crippen LogP contribution in [0.4, 0.5) is 0 Å². The fourth-order valence-corrected chi connectivity index (χ4v) is 3.26. The molecule has 2 saturated heterocycles. The van der Waals surface area contributed by atoms with Gasteiger partial charge in [0.25, 0.3) is 0 Å². The van der Waals surface area contributed by atoms with E-state index in [-0.39, 0.29) is 30.7 Å². The summed E-state index contributed by atoms with van der Waals surface area (Å²) in [4.78, 5) is 14.4. The fourth-order valence-electron chi connectivity index (χ4n) is 3.26. The highest BCUT2D eigenvalue weighted by atomic mass is 35.5. The Bertz CT molecular complexity index is 291. The summed E-state index contributed by atoms with van der Waals surface area (Å²) >= 11 is 0. The van der Waals surface area contributed by atoms with Crippen LogP contribution in [-0.2, 0) is 4.79 Å². The summed E-state index contributed by atoms with van der Waals surface area (Å²) in [5.41, 5.74) is 0. The van der Waals surface area contributed by atoms with Crippen LogP contribution < -0.4 is 10.6 Å². The number of hydrogen-bond donors (Lipinski definition) is 2. The number of nitrogens with zero attached hydrogens (tertiary/aromatic N) is 1. The first-order valence-electron chi connectivity index (χ1n) is 7.84. The molecule has 126 valence electrons. The molecule has 0 spiro atoms. The molecule has 4 nitrogen and oxygen atoms in total. The summed E-state index contributed by atoms with van der Waals surface area (Å²) in [6, 6.07) is 0.403. The Balaban J connectivity index is 0.00000200. The number of likely N-dealkylation sites (tertiary alicyclic amines) is 1. The highest BCUT2D eigenvalue weighted by molar-refractivity contribution is 5.85. The van der Waals surface area contributed by atoms with E-state index in [2.05, 4.69) is 29.5 Å². The fraction of sp³-hybridized carbons (Fsp3) is 0.933. The summed E-state index contributed by atoms with van der Waals surface area (Å²) in [6.07, 6.45) is 5.42. The molecule has 2 aliphatic heterocycles. The Kier molecular flexibility index (Phi) is 10.6. The first kappa shape index (κ1) is 21.0. The second kappa shape index (κ2) is 10.7. The van der Waals surface area contributed by atoms with Crippen molar-refractivity contribution in [3.05, 3.63) is 0 Å². The van der Waals surface area contributed by atoms with E-state index in [0.717, 1.165) is 39.0 Å². The van der Waals surface area contributed by atoms with Gasteiger partial charge < -0.3 is 15.5 Å². The first-order chi connectivity index (χ1) is 9.15. The third kappa shape index (κ3) is 7.18. The predicted molar refractivity (Wildman–Crippen MR) is 92.5 cm³/mol. The number of piperidine rings is 2. The van der Waals surface area contributed by atoms with Crippen molar-refractivity contribution in [2.45, 2.75) is 45.1 Å². The monoisotopic (exact) mass is 339 g/mol. The first-order valence-corrected chi connectivity index (χ1v) is 7.84. The quantitative estimate of drug-likeness (QED) is 0.823. The van der Waals surface area contributed by atoms with Crippen molar-refractivity contribution in [2.24, 2.45) is 11.8 Å². The maximum absolute atomic E-state index is 12.1. The van der Waals surface area contributed by atoms with Crippen LogP contribution in [0.25, 0.3) is 0 Å². The third-order valence-electron chi connectivity index (χ3n) is 4.73. The molecule has 0 aromatic carbocycles. The van der Waals surface area contributed by atoms with Crippen LogP contribution in [0.2, 0.25) is 0 Å². The Labute approximate surface area is 141 Å². The number of rotatable bonds is 4. The van der Waals surface area contributed by atoms with Crippen molar-refractivity contribution in [3.8, 4) is 0 Å². The van der Waals surface area contributed by atoms with Gasteiger partial charge in [-0.25, -0.2) is 0 Å². The van der Waals surface area contributed by atoms with Crippen molar-refractivity contribution < 1.29 is 4.79 Å². The van der Waals surface area contributed by atoms with Gasteiger partial charge in [-0.15, -0.1) is 24.8 Å². The Morgan fingerprint density at radius 2 is 1.95 bits per heavy atom. The standard InChI is InChI=1S/C15H29N3O.2ClH/c1-12(13-4-3-7-16-11-13)10-15(19)17-14-5-8-18(2)9-6-14;;/h12-14,16H,3-11H2,1-2H3,(H,17,19);2*1H. The molecule has 0 radical (unpaired) electrons. The van der Waals surface area contributed by atoms with E-state index in [1.54, 1.807) is 0 Å². The minimum atomic E-state index is 0. The summed E-state index contributed by atoms with van der Waals surface area (Å²) in [5.74, 6) is 1.43. The van der Waals surface area contributed by atoms with Gasteiger partial charge in [0, 0.05) is 12.5 Å². The lowest BCUT2D eigenvalue weighted by Crippen LogP contribution is -2.44. The van der Waals surface area contributed by atoms with Crippen LogP contribution >= 0.6 is 24.8 Å². The minimum absolute atomic E-state index is 0. The molecule has 2 unspecified atom stereocenters. The van der Waals surface area contributed by atoms with Gasteiger partial charge in [0.1, 0.15) is 0 Å². The molecule has 2 atom stereocenters. The van der Waals surface area contributed by atoms with E-state index in [9.17, 15) is 4.79 Å².